The van der Waals surface area contributed by atoms with E-state index in [4.69, 9.17) is 14.2 Å². The highest BCUT2D eigenvalue weighted by Gasteiger charge is 2.19. The Morgan fingerprint density at radius 1 is 0.889 bits per heavy atom. The van der Waals surface area contributed by atoms with Crippen molar-refractivity contribution in [3.8, 4) is 23.0 Å². The Morgan fingerprint density at radius 2 is 1.52 bits per heavy atom. The number of nitrogens with zero attached hydrogens (tertiary/aromatic N) is 2. The van der Waals surface area contributed by atoms with Crippen LogP contribution in [0.5, 0.6) is 23.0 Å². The molecule has 0 aromatic heterocycles. The predicted molar refractivity (Wildman–Crippen MR) is 102 cm³/mol. The molecular formula is C21H26N2O4. The summed E-state index contributed by atoms with van der Waals surface area (Å²) in [5.74, 6) is 2.46. The van der Waals surface area contributed by atoms with Crippen LogP contribution in [0.25, 0.3) is 0 Å². The lowest BCUT2D eigenvalue weighted by Gasteiger charge is -2.34. The number of fused-ring (bicyclic) bond motifs is 1. The summed E-state index contributed by atoms with van der Waals surface area (Å²) >= 11 is 0. The molecule has 1 fully saturated rings. The molecule has 0 bridgehead atoms. The summed E-state index contributed by atoms with van der Waals surface area (Å²) in [5.41, 5.74) is 2.42. The van der Waals surface area contributed by atoms with E-state index in [2.05, 4.69) is 21.9 Å². The molecule has 144 valence electrons. The van der Waals surface area contributed by atoms with Gasteiger partial charge in [0.15, 0.2) is 23.0 Å². The molecule has 0 radical (unpaired) electrons. The first-order valence-corrected chi connectivity index (χ1v) is 9.49. The van der Waals surface area contributed by atoms with E-state index >= 15 is 0 Å². The molecule has 4 rings (SSSR count). The van der Waals surface area contributed by atoms with E-state index in [1.807, 2.05) is 25.1 Å². The number of hydrogen-bond acceptors (Lipinski definition) is 6. The average Bonchev–Trinajstić information content (AvgIpc) is 3.14. The second-order valence-corrected chi connectivity index (χ2v) is 6.97. The van der Waals surface area contributed by atoms with Crippen LogP contribution in [-0.4, -0.2) is 54.5 Å². The van der Waals surface area contributed by atoms with E-state index < -0.39 is 0 Å². The highest BCUT2D eigenvalue weighted by molar-refractivity contribution is 5.44. The third-order valence-corrected chi connectivity index (χ3v) is 5.04. The summed E-state index contributed by atoms with van der Waals surface area (Å²) in [4.78, 5) is 4.91. The van der Waals surface area contributed by atoms with E-state index in [9.17, 15) is 5.11 Å². The first-order chi connectivity index (χ1) is 13.2. The maximum Gasteiger partial charge on any atom is 0.231 e. The Morgan fingerprint density at radius 3 is 2.22 bits per heavy atom. The zero-order valence-corrected chi connectivity index (χ0v) is 15.7. The molecule has 2 aliphatic heterocycles. The normalized spacial score (nSPS) is 17.2. The third-order valence-electron chi connectivity index (χ3n) is 5.04. The van der Waals surface area contributed by atoms with Gasteiger partial charge in [0, 0.05) is 39.3 Å². The minimum absolute atomic E-state index is 0.203. The molecule has 1 N–H and O–H groups in total. The fraction of sp³-hybridized carbons (Fsp3) is 0.429. The van der Waals surface area contributed by atoms with Crippen molar-refractivity contribution in [3.05, 3.63) is 47.5 Å². The van der Waals surface area contributed by atoms with Crippen LogP contribution in [0.15, 0.2) is 36.4 Å². The largest absolute Gasteiger partial charge is 0.504 e. The molecule has 0 spiro atoms. The Labute approximate surface area is 159 Å². The van der Waals surface area contributed by atoms with Crippen LogP contribution in [0.4, 0.5) is 0 Å². The molecule has 2 heterocycles. The third kappa shape index (κ3) is 4.28. The van der Waals surface area contributed by atoms with Gasteiger partial charge >= 0.3 is 0 Å². The molecule has 2 aromatic carbocycles. The smallest absolute Gasteiger partial charge is 0.231 e. The molecule has 0 unspecified atom stereocenters. The van der Waals surface area contributed by atoms with Crippen LogP contribution in [0.3, 0.4) is 0 Å². The SMILES string of the molecule is CCOc1cc(CN2CCN(Cc3ccc4c(c3)OCO4)CC2)ccc1O. The summed E-state index contributed by atoms with van der Waals surface area (Å²) in [6, 6.07) is 11.8. The molecule has 6 nitrogen and oxygen atoms in total. The number of hydrogen-bond donors (Lipinski definition) is 1. The van der Waals surface area contributed by atoms with Gasteiger partial charge in [-0.05, 0) is 42.3 Å². The molecule has 6 heteroatoms. The topological polar surface area (TPSA) is 54.4 Å². The zero-order valence-electron chi connectivity index (χ0n) is 15.7. The van der Waals surface area contributed by atoms with Crippen molar-refractivity contribution in [2.75, 3.05) is 39.6 Å². The second kappa shape index (κ2) is 8.06. The summed E-state index contributed by atoms with van der Waals surface area (Å²) in [6.07, 6.45) is 0. The van der Waals surface area contributed by atoms with Crippen molar-refractivity contribution in [2.24, 2.45) is 0 Å². The molecule has 2 aliphatic rings. The van der Waals surface area contributed by atoms with E-state index in [1.165, 1.54) is 11.1 Å². The molecule has 1 saturated heterocycles. The van der Waals surface area contributed by atoms with Crippen LogP contribution in [0.2, 0.25) is 0 Å². The number of phenols is 1. The van der Waals surface area contributed by atoms with Gasteiger partial charge in [0.2, 0.25) is 6.79 Å². The zero-order chi connectivity index (χ0) is 18.6. The fourth-order valence-electron chi connectivity index (χ4n) is 3.59. The van der Waals surface area contributed by atoms with Gasteiger partial charge in [0.25, 0.3) is 0 Å². The molecule has 0 atom stereocenters. The first-order valence-electron chi connectivity index (χ1n) is 9.49. The van der Waals surface area contributed by atoms with Crippen molar-refractivity contribution in [1.82, 2.24) is 9.80 Å². The van der Waals surface area contributed by atoms with Gasteiger partial charge in [-0.25, -0.2) is 0 Å². The first kappa shape index (κ1) is 17.9. The average molecular weight is 370 g/mol. The lowest BCUT2D eigenvalue weighted by molar-refractivity contribution is 0.122. The van der Waals surface area contributed by atoms with E-state index in [1.54, 1.807) is 6.07 Å². The number of phenolic OH excluding ortho intramolecular Hbond substituents is 1. The van der Waals surface area contributed by atoms with Crippen molar-refractivity contribution in [3.63, 3.8) is 0 Å². The summed E-state index contributed by atoms with van der Waals surface area (Å²) in [5, 5.41) is 9.84. The molecule has 27 heavy (non-hydrogen) atoms. The minimum atomic E-state index is 0.203. The van der Waals surface area contributed by atoms with Gasteiger partial charge < -0.3 is 19.3 Å². The lowest BCUT2D eigenvalue weighted by Crippen LogP contribution is -2.45. The van der Waals surface area contributed by atoms with Crippen molar-refractivity contribution in [1.29, 1.82) is 0 Å². The summed E-state index contributed by atoms with van der Waals surface area (Å²) < 4.78 is 16.3. The highest BCUT2D eigenvalue weighted by atomic mass is 16.7. The Balaban J connectivity index is 1.29. The van der Waals surface area contributed by atoms with Gasteiger partial charge in [0.1, 0.15) is 0 Å². The van der Waals surface area contributed by atoms with Crippen LogP contribution >= 0.6 is 0 Å². The molecule has 0 amide bonds. The minimum Gasteiger partial charge on any atom is -0.504 e. The quantitative estimate of drug-likeness (QED) is 0.844. The second-order valence-electron chi connectivity index (χ2n) is 6.97. The Kier molecular flexibility index (Phi) is 5.36. The van der Waals surface area contributed by atoms with Crippen LogP contribution in [0, 0.1) is 0 Å². The van der Waals surface area contributed by atoms with Gasteiger partial charge in [-0.2, -0.15) is 0 Å². The summed E-state index contributed by atoms with van der Waals surface area (Å²) in [7, 11) is 0. The predicted octanol–water partition coefficient (Wildman–Crippen LogP) is 2.84. The number of piperazine rings is 1. The van der Waals surface area contributed by atoms with Gasteiger partial charge in [0.05, 0.1) is 6.61 Å². The summed E-state index contributed by atoms with van der Waals surface area (Å²) in [6.45, 7) is 8.71. The number of benzene rings is 2. The Bertz CT molecular complexity index is 788. The molecule has 0 aliphatic carbocycles. The van der Waals surface area contributed by atoms with Crippen molar-refractivity contribution in [2.45, 2.75) is 20.0 Å². The number of ether oxygens (including phenoxy) is 3. The maximum atomic E-state index is 9.84. The van der Waals surface area contributed by atoms with Crippen molar-refractivity contribution < 1.29 is 19.3 Å². The van der Waals surface area contributed by atoms with E-state index in [0.29, 0.717) is 19.1 Å². The monoisotopic (exact) mass is 370 g/mol. The lowest BCUT2D eigenvalue weighted by atomic mass is 10.1. The molecular weight excluding hydrogens is 344 g/mol. The van der Waals surface area contributed by atoms with E-state index in [0.717, 1.165) is 50.8 Å². The fourth-order valence-corrected chi connectivity index (χ4v) is 3.59. The molecule has 2 aromatic rings. The van der Waals surface area contributed by atoms with Crippen LogP contribution < -0.4 is 14.2 Å². The van der Waals surface area contributed by atoms with Gasteiger partial charge in [-0.3, -0.25) is 9.80 Å². The number of aromatic hydroxyl groups is 1. The molecule has 0 saturated carbocycles. The standard InChI is InChI=1S/C21H26N2O4/c1-2-25-20-11-16(3-5-18(20)24)13-22-7-9-23(10-8-22)14-17-4-6-19-21(12-17)27-15-26-19/h3-6,11-12,24H,2,7-10,13-15H2,1H3. The van der Waals surface area contributed by atoms with E-state index in [-0.39, 0.29) is 5.75 Å². The highest BCUT2D eigenvalue weighted by Crippen LogP contribution is 2.33. The van der Waals surface area contributed by atoms with Crippen LogP contribution in [0.1, 0.15) is 18.1 Å². The van der Waals surface area contributed by atoms with Gasteiger partial charge in [-0.1, -0.05) is 12.1 Å². The number of rotatable bonds is 6. The van der Waals surface area contributed by atoms with Crippen LogP contribution in [-0.2, 0) is 13.1 Å². The maximum absolute atomic E-state index is 9.84. The van der Waals surface area contributed by atoms with Gasteiger partial charge in [-0.15, -0.1) is 0 Å². The van der Waals surface area contributed by atoms with Crippen molar-refractivity contribution >= 4 is 0 Å². The Hall–Kier alpha value is -2.44.